The second kappa shape index (κ2) is 13.6. The molecule has 0 radical (unpaired) electrons. The molecular weight excluding hydrogens is 759 g/mol. The maximum absolute atomic E-state index is 6.90. The number of benzene rings is 9. The van der Waals surface area contributed by atoms with Crippen molar-refractivity contribution in [3.63, 3.8) is 0 Å². The number of fused-ring (bicyclic) bond motifs is 11. The lowest BCUT2D eigenvalue weighted by Gasteiger charge is -2.25. The minimum Gasteiger partial charge on any atom is -0.456 e. The van der Waals surface area contributed by atoms with Crippen LogP contribution >= 0.6 is 0 Å². The summed E-state index contributed by atoms with van der Waals surface area (Å²) in [6.45, 7) is 2.34. The van der Waals surface area contributed by atoms with Crippen LogP contribution in [0.25, 0.3) is 92.9 Å². The average molecular weight is 798 g/mol. The molecule has 4 heterocycles. The lowest BCUT2D eigenvalue weighted by atomic mass is 9.87. The van der Waals surface area contributed by atoms with E-state index in [4.69, 9.17) is 18.8 Å². The van der Waals surface area contributed by atoms with Gasteiger partial charge in [-0.3, -0.25) is 4.99 Å². The summed E-state index contributed by atoms with van der Waals surface area (Å²) >= 11 is 0. The molecule has 5 nitrogen and oxygen atoms in total. The Hall–Kier alpha value is -7.76. The number of furan rings is 2. The van der Waals surface area contributed by atoms with Crippen LogP contribution in [0.5, 0.6) is 0 Å². The van der Waals surface area contributed by atoms with Crippen molar-refractivity contribution in [2.75, 3.05) is 0 Å². The Bertz CT molecular complexity index is 3860. The molecule has 0 fully saturated rings. The van der Waals surface area contributed by atoms with E-state index >= 15 is 0 Å². The van der Waals surface area contributed by atoms with Crippen molar-refractivity contribution in [2.45, 2.75) is 25.8 Å². The minimum atomic E-state index is -0.263. The third-order valence-electron chi connectivity index (χ3n) is 13.2. The largest absolute Gasteiger partial charge is 0.456 e. The van der Waals surface area contributed by atoms with Crippen LogP contribution in [0.15, 0.2) is 201 Å². The molecule has 12 aromatic rings. The predicted molar refractivity (Wildman–Crippen MR) is 257 cm³/mol. The van der Waals surface area contributed by atoms with E-state index in [2.05, 4.69) is 181 Å². The van der Waals surface area contributed by atoms with Crippen LogP contribution in [0.1, 0.15) is 42.5 Å². The van der Waals surface area contributed by atoms with Gasteiger partial charge in [0.1, 0.15) is 22.3 Å². The number of aromatic nitrogens is 1. The molecule has 1 aliphatic rings. The molecule has 2 atom stereocenters. The van der Waals surface area contributed by atoms with Gasteiger partial charge in [0.25, 0.3) is 0 Å². The molecule has 62 heavy (non-hydrogen) atoms. The first-order valence-electron chi connectivity index (χ1n) is 21.6. The molecule has 1 aliphatic heterocycles. The summed E-state index contributed by atoms with van der Waals surface area (Å²) in [4.78, 5) is 11.4. The van der Waals surface area contributed by atoms with E-state index in [0.29, 0.717) is 5.84 Å². The van der Waals surface area contributed by atoms with Crippen molar-refractivity contribution in [3.8, 4) is 5.69 Å². The van der Waals surface area contributed by atoms with E-state index in [-0.39, 0.29) is 12.0 Å². The van der Waals surface area contributed by atoms with Crippen molar-refractivity contribution in [1.29, 1.82) is 0 Å². The van der Waals surface area contributed by atoms with Crippen LogP contribution in [0.4, 0.5) is 0 Å². The molecule has 0 amide bonds. The Balaban J connectivity index is 1.08. The summed E-state index contributed by atoms with van der Waals surface area (Å²) in [6.07, 6.45) is 1.62. The molecule has 5 heteroatoms. The maximum atomic E-state index is 6.90. The summed E-state index contributed by atoms with van der Waals surface area (Å²) in [5.74, 6) is 0.827. The Kier molecular flexibility index (Phi) is 7.70. The highest BCUT2D eigenvalue weighted by atomic mass is 16.3. The normalized spacial score (nSPS) is 17.9. The number of nitrogens with zero attached hydrogens (tertiary/aromatic N) is 3. The maximum Gasteiger partial charge on any atom is 0.155 e. The highest BCUT2D eigenvalue weighted by Crippen LogP contribution is 2.44. The van der Waals surface area contributed by atoms with Crippen molar-refractivity contribution in [2.24, 2.45) is 15.9 Å². The van der Waals surface area contributed by atoms with Crippen molar-refractivity contribution in [3.05, 3.63) is 199 Å². The first kappa shape index (κ1) is 35.0. The molecule has 0 N–H and O–H groups in total. The molecule has 0 aliphatic carbocycles. The average Bonchev–Trinajstić information content (AvgIpc) is 3.99. The first-order chi connectivity index (χ1) is 30.6. The smallest absolute Gasteiger partial charge is 0.155 e. The SMILES string of the molecule is C[C@@H]1CC/C(c2cccc3c2oc2ccccc23)=N\C(c2ccc3ccccc3c2)=N/C1c1cc(-n2c3ccccc3c3cc4ccccc4cc32)cc2c1oc1ccccc12. The molecule has 3 aromatic heterocycles. The fourth-order valence-corrected chi connectivity index (χ4v) is 10.1. The van der Waals surface area contributed by atoms with Crippen LogP contribution in [-0.4, -0.2) is 16.1 Å². The molecule has 0 spiro atoms. The van der Waals surface area contributed by atoms with Gasteiger partial charge in [0.05, 0.1) is 22.8 Å². The van der Waals surface area contributed by atoms with Gasteiger partial charge in [0.2, 0.25) is 0 Å². The summed E-state index contributed by atoms with van der Waals surface area (Å²) in [5, 5.41) is 11.6. The lowest BCUT2D eigenvalue weighted by molar-refractivity contribution is 0.444. The Labute approximate surface area is 356 Å². The molecule has 13 rings (SSSR count). The van der Waals surface area contributed by atoms with Crippen LogP contribution in [-0.2, 0) is 0 Å². The topological polar surface area (TPSA) is 55.9 Å². The van der Waals surface area contributed by atoms with Crippen LogP contribution in [0.2, 0.25) is 0 Å². The number of hydrogen-bond donors (Lipinski definition) is 0. The molecule has 0 saturated heterocycles. The number of aliphatic imine (C=N–C) groups is 2. The second-order valence-corrected chi connectivity index (χ2v) is 16.9. The van der Waals surface area contributed by atoms with Crippen molar-refractivity contribution in [1.82, 2.24) is 4.57 Å². The number of amidine groups is 1. The number of para-hydroxylation sites is 4. The quantitative estimate of drug-likeness (QED) is 0.178. The van der Waals surface area contributed by atoms with E-state index in [1.165, 1.54) is 32.4 Å². The summed E-state index contributed by atoms with van der Waals surface area (Å²) < 4.78 is 15.9. The van der Waals surface area contributed by atoms with Crippen molar-refractivity contribution < 1.29 is 8.83 Å². The van der Waals surface area contributed by atoms with Crippen LogP contribution < -0.4 is 0 Å². The standard InChI is InChI=1S/C57H39N3O2/c1-34-25-28-49(45-21-12-20-44-42-18-7-10-23-52(42)61-55(44)45)58-57(39-27-26-35-13-2-3-14-36(35)29-39)59-54(34)48-33-40(32-47-43-19-8-11-24-53(43)62-56(47)48)60-50-22-9-6-17-41(50)46-30-37-15-4-5-16-38(37)31-51(46)60/h2-24,26-27,29-34,54H,25,28H2,1H3/b58-49+,59-57-/t34-,54?/m1/s1. The summed E-state index contributed by atoms with van der Waals surface area (Å²) in [7, 11) is 0. The van der Waals surface area contributed by atoms with E-state index in [9.17, 15) is 0 Å². The van der Waals surface area contributed by atoms with Crippen LogP contribution in [0, 0.1) is 5.92 Å². The monoisotopic (exact) mass is 797 g/mol. The van der Waals surface area contributed by atoms with E-state index in [1.807, 2.05) is 12.1 Å². The lowest BCUT2D eigenvalue weighted by Crippen LogP contribution is -2.18. The Morgan fingerprint density at radius 2 is 1.15 bits per heavy atom. The highest BCUT2D eigenvalue weighted by molar-refractivity contribution is 6.20. The van der Waals surface area contributed by atoms with Gasteiger partial charge in [-0.15, -0.1) is 0 Å². The van der Waals surface area contributed by atoms with E-state index in [0.717, 1.165) is 95.7 Å². The minimum absolute atomic E-state index is 0.125. The summed E-state index contributed by atoms with van der Waals surface area (Å²) in [5.41, 5.74) is 10.9. The number of rotatable bonds is 4. The van der Waals surface area contributed by atoms with Gasteiger partial charge < -0.3 is 13.4 Å². The fraction of sp³-hybridized carbons (Fsp3) is 0.0877. The molecule has 1 unspecified atom stereocenters. The van der Waals surface area contributed by atoms with Gasteiger partial charge in [0.15, 0.2) is 5.84 Å². The van der Waals surface area contributed by atoms with Gasteiger partial charge >= 0.3 is 0 Å². The molecule has 0 bridgehead atoms. The third-order valence-corrected chi connectivity index (χ3v) is 13.2. The number of hydrogen-bond acceptors (Lipinski definition) is 4. The molecule has 0 saturated carbocycles. The van der Waals surface area contributed by atoms with E-state index in [1.54, 1.807) is 0 Å². The first-order valence-corrected chi connectivity index (χ1v) is 21.6. The van der Waals surface area contributed by atoms with Crippen molar-refractivity contribution >= 4 is 98.8 Å². The predicted octanol–water partition coefficient (Wildman–Crippen LogP) is 15.3. The molecular formula is C57H39N3O2. The third kappa shape index (κ3) is 5.41. The van der Waals surface area contributed by atoms with Gasteiger partial charge in [-0.1, -0.05) is 134 Å². The van der Waals surface area contributed by atoms with Gasteiger partial charge in [-0.05, 0) is 94.9 Å². The fourth-order valence-electron chi connectivity index (χ4n) is 10.1. The zero-order valence-corrected chi connectivity index (χ0v) is 34.0. The molecule has 294 valence electrons. The highest BCUT2D eigenvalue weighted by Gasteiger charge is 2.29. The zero-order chi connectivity index (χ0) is 40.9. The van der Waals surface area contributed by atoms with Gasteiger partial charge in [-0.2, -0.15) is 0 Å². The molecule has 9 aromatic carbocycles. The van der Waals surface area contributed by atoms with Gasteiger partial charge in [0, 0.05) is 54.7 Å². The van der Waals surface area contributed by atoms with Crippen LogP contribution in [0.3, 0.4) is 0 Å². The zero-order valence-electron chi connectivity index (χ0n) is 34.0. The second-order valence-electron chi connectivity index (χ2n) is 16.9. The van der Waals surface area contributed by atoms with E-state index < -0.39 is 0 Å². The Morgan fingerprint density at radius 1 is 0.500 bits per heavy atom. The summed E-state index contributed by atoms with van der Waals surface area (Å²) in [6, 6.07) is 64.7. The Morgan fingerprint density at radius 3 is 1.95 bits per heavy atom. The van der Waals surface area contributed by atoms with Gasteiger partial charge in [-0.25, -0.2) is 4.99 Å².